The average Bonchev–Trinajstić information content (AvgIpc) is 2.00. The number of hydrogen-bond acceptors (Lipinski definition) is 5. The Kier molecular flexibility index (Phi) is 4.48. The van der Waals surface area contributed by atoms with Crippen molar-refractivity contribution in [1.29, 1.82) is 0 Å². The molecule has 0 saturated carbocycles. The molecular formula is C7H10O6S. The second kappa shape index (κ2) is 4.89. The summed E-state index contributed by atoms with van der Waals surface area (Å²) < 4.78 is 37.1. The van der Waals surface area contributed by atoms with Crippen LogP contribution in [0.3, 0.4) is 0 Å². The van der Waals surface area contributed by atoms with Gasteiger partial charge in [-0.15, -0.1) is 0 Å². The molecule has 0 rings (SSSR count). The van der Waals surface area contributed by atoms with Gasteiger partial charge in [-0.3, -0.25) is 4.55 Å². The highest BCUT2D eigenvalue weighted by atomic mass is 32.3. The van der Waals surface area contributed by atoms with Gasteiger partial charge in [-0.1, -0.05) is 13.2 Å². The Hall–Kier alpha value is -1.18. The molecular weight excluding hydrogens is 212 g/mol. The number of carbonyl (C=O) groups excluding carboxylic acids is 1. The van der Waals surface area contributed by atoms with Crippen LogP contribution in [0.1, 0.15) is 6.92 Å². The molecule has 0 aromatic carbocycles. The second-order valence-corrected chi connectivity index (χ2v) is 3.36. The van der Waals surface area contributed by atoms with E-state index in [-0.39, 0.29) is 5.57 Å². The van der Waals surface area contributed by atoms with Crippen molar-refractivity contribution < 1.29 is 26.7 Å². The normalized spacial score (nSPS) is 13.0. The van der Waals surface area contributed by atoms with Crippen molar-refractivity contribution in [3.05, 3.63) is 24.8 Å². The Morgan fingerprint density at radius 3 is 2.36 bits per heavy atom. The predicted octanol–water partition coefficient (Wildman–Crippen LogP) is 0.437. The zero-order valence-electron chi connectivity index (χ0n) is 7.47. The van der Waals surface area contributed by atoms with Crippen molar-refractivity contribution in [2.24, 2.45) is 0 Å². The van der Waals surface area contributed by atoms with E-state index in [2.05, 4.69) is 22.1 Å². The van der Waals surface area contributed by atoms with Gasteiger partial charge >= 0.3 is 16.4 Å². The first-order chi connectivity index (χ1) is 6.26. The van der Waals surface area contributed by atoms with E-state index in [1.807, 2.05) is 0 Å². The molecule has 0 aromatic rings. The van der Waals surface area contributed by atoms with Crippen molar-refractivity contribution in [3.63, 3.8) is 0 Å². The Morgan fingerprint density at radius 2 is 2.07 bits per heavy atom. The van der Waals surface area contributed by atoms with Crippen molar-refractivity contribution in [1.82, 2.24) is 0 Å². The highest BCUT2D eigenvalue weighted by Gasteiger charge is 2.18. The molecule has 0 aromatic heterocycles. The molecule has 0 amide bonds. The summed E-state index contributed by atoms with van der Waals surface area (Å²) in [5.41, 5.74) is 0.0655. The fraction of sp³-hybridized carbons (Fsp3) is 0.286. The third-order valence-corrected chi connectivity index (χ3v) is 1.41. The number of rotatable bonds is 5. The average molecular weight is 222 g/mol. The van der Waals surface area contributed by atoms with E-state index in [1.165, 1.54) is 6.92 Å². The molecule has 6 nitrogen and oxygen atoms in total. The smallest absolute Gasteiger partial charge is 0.400 e. The molecule has 0 saturated heterocycles. The summed E-state index contributed by atoms with van der Waals surface area (Å²) in [7, 11) is -4.68. The van der Waals surface area contributed by atoms with Gasteiger partial charge in [-0.2, -0.15) is 8.42 Å². The molecule has 80 valence electrons. The molecule has 0 aliphatic rings. The van der Waals surface area contributed by atoms with Crippen LogP contribution >= 0.6 is 0 Å². The van der Waals surface area contributed by atoms with Crippen LogP contribution in [-0.4, -0.2) is 25.2 Å². The van der Waals surface area contributed by atoms with E-state index in [0.717, 1.165) is 6.08 Å². The largest absolute Gasteiger partial charge is 0.427 e. The summed E-state index contributed by atoms with van der Waals surface area (Å²) in [5, 5.41) is 0. The number of hydrogen-bond donors (Lipinski definition) is 1. The second-order valence-electron chi connectivity index (χ2n) is 2.31. The van der Waals surface area contributed by atoms with Gasteiger partial charge in [0.2, 0.25) is 6.29 Å². The fourth-order valence-electron chi connectivity index (χ4n) is 0.433. The molecule has 1 unspecified atom stereocenters. The summed E-state index contributed by atoms with van der Waals surface area (Å²) in [6.07, 6.45) is -0.663. The monoisotopic (exact) mass is 222 g/mol. The van der Waals surface area contributed by atoms with Crippen molar-refractivity contribution in [2.75, 3.05) is 0 Å². The molecule has 1 N–H and O–H groups in total. The van der Waals surface area contributed by atoms with Crippen molar-refractivity contribution in [2.45, 2.75) is 13.2 Å². The predicted molar refractivity (Wildman–Crippen MR) is 47.5 cm³/mol. The molecule has 0 radical (unpaired) electrons. The van der Waals surface area contributed by atoms with Gasteiger partial charge in [-0.25, -0.2) is 8.98 Å². The topological polar surface area (TPSA) is 89.9 Å². The molecule has 7 heteroatoms. The minimum atomic E-state index is -4.68. The van der Waals surface area contributed by atoms with E-state index < -0.39 is 22.7 Å². The molecule has 14 heavy (non-hydrogen) atoms. The SMILES string of the molecule is C=CC(OC(=O)C(=C)C)OS(=O)(=O)O. The van der Waals surface area contributed by atoms with Crippen LogP contribution < -0.4 is 0 Å². The van der Waals surface area contributed by atoms with E-state index in [1.54, 1.807) is 0 Å². The summed E-state index contributed by atoms with van der Waals surface area (Å²) in [5.74, 6) is -0.849. The van der Waals surface area contributed by atoms with Crippen LogP contribution in [-0.2, 0) is 24.1 Å². The van der Waals surface area contributed by atoms with Crippen LogP contribution in [0.25, 0.3) is 0 Å². The Labute approximate surface area is 81.8 Å². The van der Waals surface area contributed by atoms with Gasteiger partial charge in [0.15, 0.2) is 0 Å². The first-order valence-electron chi connectivity index (χ1n) is 3.41. The van der Waals surface area contributed by atoms with Crippen molar-refractivity contribution in [3.8, 4) is 0 Å². The lowest BCUT2D eigenvalue weighted by Gasteiger charge is -2.11. The number of ether oxygens (including phenoxy) is 1. The fourth-order valence-corrected chi connectivity index (χ4v) is 0.791. The standard InChI is InChI=1S/C7H10O6S/c1-4-6(13-14(9,10)11)12-7(8)5(2)3/h4,6H,1-2H2,3H3,(H,9,10,11). The van der Waals surface area contributed by atoms with E-state index in [9.17, 15) is 13.2 Å². The zero-order valence-corrected chi connectivity index (χ0v) is 8.28. The van der Waals surface area contributed by atoms with E-state index >= 15 is 0 Å². The maximum absolute atomic E-state index is 10.9. The Balaban J connectivity index is 4.39. The van der Waals surface area contributed by atoms with E-state index in [0.29, 0.717) is 0 Å². The van der Waals surface area contributed by atoms with Crippen LogP contribution in [0.5, 0.6) is 0 Å². The Bertz CT molecular complexity index is 341. The van der Waals surface area contributed by atoms with Crippen LogP contribution in [0, 0.1) is 0 Å². The molecule has 0 fully saturated rings. The van der Waals surface area contributed by atoms with Crippen molar-refractivity contribution >= 4 is 16.4 Å². The molecule has 0 aliphatic heterocycles. The number of esters is 1. The third kappa shape index (κ3) is 5.46. The van der Waals surface area contributed by atoms with Gasteiger partial charge in [0, 0.05) is 5.57 Å². The molecule has 0 aliphatic carbocycles. The van der Waals surface area contributed by atoms with Crippen LogP contribution in [0.4, 0.5) is 0 Å². The lowest BCUT2D eigenvalue weighted by atomic mass is 10.4. The van der Waals surface area contributed by atoms with Crippen LogP contribution in [0.15, 0.2) is 24.8 Å². The summed E-state index contributed by atoms with van der Waals surface area (Å²) in [6.45, 7) is 7.78. The number of carbonyl (C=O) groups is 1. The maximum Gasteiger partial charge on any atom is 0.400 e. The molecule has 1 atom stereocenters. The third-order valence-electron chi connectivity index (χ3n) is 0.981. The highest BCUT2D eigenvalue weighted by Crippen LogP contribution is 2.04. The van der Waals surface area contributed by atoms with Gasteiger partial charge in [0.25, 0.3) is 0 Å². The summed E-state index contributed by atoms with van der Waals surface area (Å²) in [4.78, 5) is 10.9. The van der Waals surface area contributed by atoms with Gasteiger partial charge in [-0.05, 0) is 13.0 Å². The van der Waals surface area contributed by atoms with Crippen LogP contribution in [0.2, 0.25) is 0 Å². The maximum atomic E-state index is 10.9. The summed E-state index contributed by atoms with van der Waals surface area (Å²) >= 11 is 0. The Morgan fingerprint density at radius 1 is 1.57 bits per heavy atom. The summed E-state index contributed by atoms with van der Waals surface area (Å²) in [6, 6.07) is 0. The molecule has 0 spiro atoms. The lowest BCUT2D eigenvalue weighted by Crippen LogP contribution is -2.22. The first kappa shape index (κ1) is 12.8. The van der Waals surface area contributed by atoms with E-state index in [4.69, 9.17) is 4.55 Å². The lowest BCUT2D eigenvalue weighted by molar-refractivity contribution is -0.152. The quantitative estimate of drug-likeness (QED) is 0.238. The molecule has 0 heterocycles. The zero-order chi connectivity index (χ0) is 11.4. The molecule has 0 bridgehead atoms. The highest BCUT2D eigenvalue weighted by molar-refractivity contribution is 7.80. The van der Waals surface area contributed by atoms with Gasteiger partial charge < -0.3 is 4.74 Å². The minimum Gasteiger partial charge on any atom is -0.427 e. The van der Waals surface area contributed by atoms with Gasteiger partial charge in [0.1, 0.15) is 0 Å². The van der Waals surface area contributed by atoms with Gasteiger partial charge in [0.05, 0.1) is 0 Å². The first-order valence-corrected chi connectivity index (χ1v) is 4.77. The minimum absolute atomic E-state index is 0.0655.